The Balaban J connectivity index is 1.26. The number of fused-ring (bicyclic) bond motifs is 1. The summed E-state index contributed by atoms with van der Waals surface area (Å²) < 4.78 is 25.9. The summed E-state index contributed by atoms with van der Waals surface area (Å²) in [5.41, 5.74) is 1.62. The maximum absolute atomic E-state index is 11.9. The van der Waals surface area contributed by atoms with Gasteiger partial charge in [0.15, 0.2) is 0 Å². The molecule has 3 heterocycles. The molecule has 1 saturated heterocycles. The zero-order valence-corrected chi connectivity index (χ0v) is 20.4. The molecular weight excluding hydrogens is 436 g/mol. The molecule has 2 aliphatic carbocycles. The number of rotatable bonds is 5. The summed E-state index contributed by atoms with van der Waals surface area (Å²) in [6.45, 7) is 3.79. The maximum Gasteiger partial charge on any atom is 0.150 e. The van der Waals surface area contributed by atoms with Crippen molar-refractivity contribution in [3.63, 3.8) is 0 Å². The second-order valence-electron chi connectivity index (χ2n) is 10.00. The lowest BCUT2D eigenvalue weighted by Gasteiger charge is -2.42. The molecular formula is C24H34N6O2S. The predicted molar refractivity (Wildman–Crippen MR) is 130 cm³/mol. The smallest absolute Gasteiger partial charge is 0.150 e. The van der Waals surface area contributed by atoms with Gasteiger partial charge in [-0.15, -0.1) is 0 Å². The zero-order valence-electron chi connectivity index (χ0n) is 19.6. The highest BCUT2D eigenvalue weighted by atomic mass is 32.2. The number of hydrogen-bond acceptors (Lipinski definition) is 7. The van der Waals surface area contributed by atoms with Crippen molar-refractivity contribution < 1.29 is 8.42 Å². The fourth-order valence-corrected chi connectivity index (χ4v) is 6.99. The molecule has 0 radical (unpaired) electrons. The summed E-state index contributed by atoms with van der Waals surface area (Å²) in [6.07, 6.45) is 9.01. The fourth-order valence-electron chi connectivity index (χ4n) is 5.86. The van der Waals surface area contributed by atoms with Crippen LogP contribution in [0.4, 0.5) is 5.82 Å². The van der Waals surface area contributed by atoms with Crippen molar-refractivity contribution in [1.29, 1.82) is 5.26 Å². The van der Waals surface area contributed by atoms with Gasteiger partial charge >= 0.3 is 0 Å². The van der Waals surface area contributed by atoms with E-state index < -0.39 is 9.84 Å². The Labute approximate surface area is 196 Å². The van der Waals surface area contributed by atoms with Gasteiger partial charge in [0.2, 0.25) is 0 Å². The van der Waals surface area contributed by atoms with Crippen molar-refractivity contribution in [2.24, 2.45) is 0 Å². The molecule has 8 nitrogen and oxygen atoms in total. The molecule has 1 aliphatic heterocycles. The summed E-state index contributed by atoms with van der Waals surface area (Å²) in [6, 6.07) is 7.88. The Bertz CT molecular complexity index is 1150. The molecule has 5 rings (SSSR count). The van der Waals surface area contributed by atoms with Gasteiger partial charge in [-0.1, -0.05) is 0 Å². The van der Waals surface area contributed by atoms with Crippen molar-refractivity contribution in [2.45, 2.75) is 61.9 Å². The van der Waals surface area contributed by atoms with Gasteiger partial charge in [0.1, 0.15) is 27.4 Å². The molecule has 2 saturated carbocycles. The lowest BCUT2D eigenvalue weighted by Crippen LogP contribution is -2.51. The quantitative estimate of drug-likeness (QED) is 0.717. The molecule has 3 aliphatic rings. The SMILES string of the molecule is CN[C@H]1C[C@H](n2cc(C#N)c3ccc(N4CCN(C5CCC(S(C)(=O)=O)CC5)CC4)nc32)C1. The van der Waals surface area contributed by atoms with Gasteiger partial charge in [0.05, 0.1) is 10.8 Å². The molecule has 178 valence electrons. The largest absolute Gasteiger partial charge is 0.354 e. The van der Waals surface area contributed by atoms with Crippen LogP contribution in [0.2, 0.25) is 0 Å². The molecule has 9 heteroatoms. The number of piperazine rings is 1. The minimum atomic E-state index is -2.92. The number of nitriles is 1. The van der Waals surface area contributed by atoms with Crippen molar-refractivity contribution in [1.82, 2.24) is 19.8 Å². The molecule has 2 aromatic rings. The van der Waals surface area contributed by atoms with Gasteiger partial charge in [-0.25, -0.2) is 13.4 Å². The summed E-state index contributed by atoms with van der Waals surface area (Å²) in [5.74, 6) is 0.983. The van der Waals surface area contributed by atoms with E-state index in [1.165, 1.54) is 6.26 Å². The summed E-state index contributed by atoms with van der Waals surface area (Å²) >= 11 is 0. The third kappa shape index (κ3) is 4.36. The minimum Gasteiger partial charge on any atom is -0.354 e. The lowest BCUT2D eigenvalue weighted by molar-refractivity contribution is 0.148. The third-order valence-corrected chi connectivity index (χ3v) is 9.78. The number of pyridine rings is 1. The zero-order chi connectivity index (χ0) is 23.2. The van der Waals surface area contributed by atoms with Crippen molar-refractivity contribution in [3.8, 4) is 6.07 Å². The van der Waals surface area contributed by atoms with Gasteiger partial charge < -0.3 is 14.8 Å². The molecule has 2 aromatic heterocycles. The first-order valence-corrected chi connectivity index (χ1v) is 14.1. The average molecular weight is 471 g/mol. The Kier molecular flexibility index (Phi) is 6.10. The van der Waals surface area contributed by atoms with Crippen LogP contribution < -0.4 is 10.2 Å². The van der Waals surface area contributed by atoms with E-state index in [1.807, 2.05) is 13.2 Å². The fraction of sp³-hybridized carbons (Fsp3) is 0.667. The molecule has 3 fully saturated rings. The predicted octanol–water partition coefficient (Wildman–Crippen LogP) is 2.31. The average Bonchev–Trinajstić information content (AvgIpc) is 3.16. The monoisotopic (exact) mass is 470 g/mol. The van der Waals surface area contributed by atoms with Crippen LogP contribution in [-0.4, -0.2) is 79.7 Å². The van der Waals surface area contributed by atoms with Gasteiger partial charge in [-0.3, -0.25) is 4.90 Å². The van der Waals surface area contributed by atoms with E-state index in [1.54, 1.807) is 0 Å². The van der Waals surface area contributed by atoms with Crippen LogP contribution in [0.1, 0.15) is 50.1 Å². The van der Waals surface area contributed by atoms with Crippen LogP contribution in [-0.2, 0) is 9.84 Å². The van der Waals surface area contributed by atoms with Crippen molar-refractivity contribution in [3.05, 3.63) is 23.9 Å². The minimum absolute atomic E-state index is 0.153. The van der Waals surface area contributed by atoms with Gasteiger partial charge in [0.25, 0.3) is 0 Å². The highest BCUT2D eigenvalue weighted by Crippen LogP contribution is 2.36. The first kappa shape index (κ1) is 22.6. The van der Waals surface area contributed by atoms with E-state index in [2.05, 4.69) is 37.9 Å². The number of nitrogens with zero attached hydrogens (tertiary/aromatic N) is 5. The first-order valence-electron chi connectivity index (χ1n) is 12.1. The van der Waals surface area contributed by atoms with Crippen LogP contribution in [0, 0.1) is 11.3 Å². The summed E-state index contributed by atoms with van der Waals surface area (Å²) in [4.78, 5) is 9.91. The number of aromatic nitrogens is 2. The maximum atomic E-state index is 11.9. The van der Waals surface area contributed by atoms with Gasteiger partial charge in [-0.05, 0) is 57.7 Å². The second-order valence-corrected chi connectivity index (χ2v) is 12.3. The van der Waals surface area contributed by atoms with Crippen LogP contribution in [0.5, 0.6) is 0 Å². The molecule has 0 unspecified atom stereocenters. The van der Waals surface area contributed by atoms with E-state index in [-0.39, 0.29) is 5.25 Å². The summed E-state index contributed by atoms with van der Waals surface area (Å²) in [5, 5.41) is 13.7. The molecule has 0 bridgehead atoms. The van der Waals surface area contributed by atoms with Crippen molar-refractivity contribution >= 4 is 26.7 Å². The number of nitrogens with one attached hydrogen (secondary N) is 1. The number of anilines is 1. The highest BCUT2D eigenvalue weighted by Gasteiger charge is 2.33. The standard InChI is InChI=1S/C24H34N6O2S/c1-26-18-13-20(14-18)30-16-17(15-25)22-7-8-23(27-24(22)30)29-11-9-28(10-12-29)19-3-5-21(6-4-19)33(2,31)32/h7-8,16,18-21,26H,3-6,9-14H2,1-2H3/t18-,19?,20-,21?. The topological polar surface area (TPSA) is 94.3 Å². The second kappa shape index (κ2) is 8.90. The molecule has 0 spiro atoms. The van der Waals surface area contributed by atoms with Gasteiger partial charge in [-0.2, -0.15) is 5.26 Å². The summed E-state index contributed by atoms with van der Waals surface area (Å²) in [7, 11) is -0.913. The van der Waals surface area contributed by atoms with Crippen LogP contribution in [0.15, 0.2) is 18.3 Å². The molecule has 1 N–H and O–H groups in total. The molecule has 0 aromatic carbocycles. The van der Waals surface area contributed by atoms with E-state index >= 15 is 0 Å². The van der Waals surface area contributed by atoms with E-state index in [4.69, 9.17) is 4.98 Å². The van der Waals surface area contributed by atoms with Gasteiger partial charge in [0, 0.05) is 62.1 Å². The first-order chi connectivity index (χ1) is 15.9. The molecule has 0 amide bonds. The van der Waals surface area contributed by atoms with E-state index in [9.17, 15) is 13.7 Å². The van der Waals surface area contributed by atoms with Crippen LogP contribution in [0.3, 0.4) is 0 Å². The highest BCUT2D eigenvalue weighted by molar-refractivity contribution is 7.91. The van der Waals surface area contributed by atoms with Crippen LogP contribution in [0.25, 0.3) is 11.0 Å². The Morgan fingerprint density at radius 2 is 1.76 bits per heavy atom. The molecule has 33 heavy (non-hydrogen) atoms. The molecule has 0 atom stereocenters. The number of sulfone groups is 1. The van der Waals surface area contributed by atoms with E-state index in [0.29, 0.717) is 23.7 Å². The van der Waals surface area contributed by atoms with E-state index in [0.717, 1.165) is 81.6 Å². The Hall–Kier alpha value is -2.15. The van der Waals surface area contributed by atoms with Crippen LogP contribution >= 0.6 is 0 Å². The van der Waals surface area contributed by atoms with Crippen molar-refractivity contribution in [2.75, 3.05) is 44.4 Å². The lowest BCUT2D eigenvalue weighted by atomic mass is 9.87. The Morgan fingerprint density at radius 1 is 1.06 bits per heavy atom. The normalized spacial score (nSPS) is 29.1. The third-order valence-electron chi connectivity index (χ3n) is 8.10. The number of hydrogen-bond donors (Lipinski definition) is 1. The Morgan fingerprint density at radius 3 is 2.36 bits per heavy atom.